The molecule has 0 saturated heterocycles. The highest BCUT2D eigenvalue weighted by Crippen LogP contribution is 2.30. The lowest BCUT2D eigenvalue weighted by Crippen LogP contribution is -2.40. The van der Waals surface area contributed by atoms with Crippen LogP contribution in [0.3, 0.4) is 0 Å². The summed E-state index contributed by atoms with van der Waals surface area (Å²) in [7, 11) is 0. The highest BCUT2D eigenvalue weighted by atomic mass is 19.4. The Morgan fingerprint density at radius 3 is 2.40 bits per heavy atom. The largest absolute Gasteiger partial charge is 0.416 e. The Balaban J connectivity index is 3.20. The summed E-state index contributed by atoms with van der Waals surface area (Å²) in [6.07, 6.45) is -4.63. The van der Waals surface area contributed by atoms with Crippen LogP contribution in [0.2, 0.25) is 0 Å². The summed E-state index contributed by atoms with van der Waals surface area (Å²) in [6, 6.07) is 1.50. The van der Waals surface area contributed by atoms with Crippen molar-refractivity contribution in [3.63, 3.8) is 0 Å². The fourth-order valence-corrected chi connectivity index (χ4v) is 1.75. The summed E-state index contributed by atoms with van der Waals surface area (Å²) in [5, 5.41) is 0. The van der Waals surface area contributed by atoms with E-state index >= 15 is 0 Å². The molecule has 0 atom stereocenters. The van der Waals surface area contributed by atoms with Gasteiger partial charge in [-0.2, -0.15) is 13.2 Å². The van der Waals surface area contributed by atoms with E-state index in [2.05, 4.69) is 0 Å². The molecule has 0 bridgehead atoms. The molecule has 0 aliphatic carbocycles. The van der Waals surface area contributed by atoms with Crippen molar-refractivity contribution in [2.75, 3.05) is 13.1 Å². The Morgan fingerprint density at radius 2 is 1.95 bits per heavy atom. The first-order valence-corrected chi connectivity index (χ1v) is 6.06. The van der Waals surface area contributed by atoms with Gasteiger partial charge < -0.3 is 10.6 Å². The number of hydrogen-bond donors (Lipinski definition) is 1. The summed E-state index contributed by atoms with van der Waals surface area (Å²) < 4.78 is 51.4. The minimum Gasteiger partial charge on any atom is -0.335 e. The van der Waals surface area contributed by atoms with Gasteiger partial charge in [0.15, 0.2) is 0 Å². The zero-order valence-electron chi connectivity index (χ0n) is 11.2. The van der Waals surface area contributed by atoms with E-state index in [1.54, 1.807) is 13.8 Å². The molecule has 112 valence electrons. The molecule has 1 aromatic rings. The predicted molar refractivity (Wildman–Crippen MR) is 66.6 cm³/mol. The minimum atomic E-state index is -4.63. The quantitative estimate of drug-likeness (QED) is 0.867. The molecule has 0 aliphatic rings. The molecule has 3 nitrogen and oxygen atoms in total. The van der Waals surface area contributed by atoms with Crippen molar-refractivity contribution in [1.29, 1.82) is 0 Å². The van der Waals surface area contributed by atoms with Crippen LogP contribution in [-0.4, -0.2) is 29.9 Å². The van der Waals surface area contributed by atoms with Gasteiger partial charge in [-0.3, -0.25) is 4.79 Å². The van der Waals surface area contributed by atoms with E-state index in [0.29, 0.717) is 18.2 Å². The van der Waals surface area contributed by atoms with Crippen molar-refractivity contribution in [2.45, 2.75) is 26.1 Å². The van der Waals surface area contributed by atoms with Crippen LogP contribution in [0.1, 0.15) is 29.8 Å². The molecule has 0 heterocycles. The second-order valence-electron chi connectivity index (χ2n) is 4.57. The average molecular weight is 292 g/mol. The van der Waals surface area contributed by atoms with Gasteiger partial charge in [0.25, 0.3) is 5.91 Å². The Labute approximate surface area is 114 Å². The zero-order valence-corrected chi connectivity index (χ0v) is 11.2. The van der Waals surface area contributed by atoms with E-state index in [-0.39, 0.29) is 19.1 Å². The number of hydrogen-bond acceptors (Lipinski definition) is 2. The van der Waals surface area contributed by atoms with Crippen LogP contribution in [-0.2, 0) is 6.18 Å². The first kappa shape index (κ1) is 16.4. The van der Waals surface area contributed by atoms with Gasteiger partial charge >= 0.3 is 6.18 Å². The van der Waals surface area contributed by atoms with Crippen molar-refractivity contribution in [3.8, 4) is 0 Å². The van der Waals surface area contributed by atoms with Crippen LogP contribution in [0.4, 0.5) is 17.6 Å². The number of nitrogens with zero attached hydrogens (tertiary/aromatic N) is 1. The van der Waals surface area contributed by atoms with Gasteiger partial charge in [-0.1, -0.05) is 0 Å². The van der Waals surface area contributed by atoms with E-state index in [1.165, 1.54) is 4.90 Å². The number of rotatable bonds is 4. The first-order chi connectivity index (χ1) is 9.18. The van der Waals surface area contributed by atoms with Crippen molar-refractivity contribution < 1.29 is 22.4 Å². The van der Waals surface area contributed by atoms with Crippen LogP contribution in [0.15, 0.2) is 18.2 Å². The van der Waals surface area contributed by atoms with Crippen LogP contribution >= 0.6 is 0 Å². The van der Waals surface area contributed by atoms with Gasteiger partial charge in [0.1, 0.15) is 5.82 Å². The maximum Gasteiger partial charge on any atom is 0.416 e. The third-order valence-electron chi connectivity index (χ3n) is 2.78. The molecule has 0 fully saturated rings. The highest BCUT2D eigenvalue weighted by molar-refractivity contribution is 5.95. The lowest BCUT2D eigenvalue weighted by Gasteiger charge is -2.26. The van der Waals surface area contributed by atoms with E-state index in [0.717, 1.165) is 0 Å². The molecule has 0 aromatic heterocycles. The van der Waals surface area contributed by atoms with Crippen LogP contribution in [0.25, 0.3) is 0 Å². The molecule has 0 radical (unpaired) electrons. The van der Waals surface area contributed by atoms with Gasteiger partial charge in [0.2, 0.25) is 0 Å². The topological polar surface area (TPSA) is 46.3 Å². The standard InChI is InChI=1S/C13H16F4N2O/c1-8(2)19(6-5-18)12(20)10-7-9(13(15,16)17)3-4-11(10)14/h3-4,7-8H,5-6,18H2,1-2H3. The summed E-state index contributed by atoms with van der Waals surface area (Å²) in [4.78, 5) is 13.4. The van der Waals surface area contributed by atoms with E-state index in [9.17, 15) is 22.4 Å². The molecule has 0 saturated carbocycles. The number of carbonyl (C=O) groups is 1. The molecular weight excluding hydrogens is 276 g/mol. The van der Waals surface area contributed by atoms with Crippen molar-refractivity contribution in [3.05, 3.63) is 35.1 Å². The van der Waals surface area contributed by atoms with Gasteiger partial charge in [-0.05, 0) is 32.0 Å². The number of alkyl halides is 3. The molecule has 7 heteroatoms. The summed E-state index contributed by atoms with van der Waals surface area (Å²) in [5.74, 6) is -1.78. The molecule has 20 heavy (non-hydrogen) atoms. The van der Waals surface area contributed by atoms with E-state index in [1.807, 2.05) is 0 Å². The van der Waals surface area contributed by atoms with Crippen molar-refractivity contribution in [1.82, 2.24) is 4.90 Å². The maximum absolute atomic E-state index is 13.6. The Kier molecular flexibility index (Phi) is 5.10. The predicted octanol–water partition coefficient (Wildman–Crippen LogP) is 2.65. The molecule has 2 N–H and O–H groups in total. The Morgan fingerprint density at radius 1 is 1.35 bits per heavy atom. The molecule has 1 amide bonds. The summed E-state index contributed by atoms with van der Waals surface area (Å²) in [6.45, 7) is 3.65. The Hall–Kier alpha value is -1.63. The smallest absolute Gasteiger partial charge is 0.335 e. The van der Waals surface area contributed by atoms with Gasteiger partial charge in [0, 0.05) is 19.1 Å². The highest BCUT2D eigenvalue weighted by Gasteiger charge is 2.32. The van der Waals surface area contributed by atoms with Crippen molar-refractivity contribution >= 4 is 5.91 Å². The molecule has 0 spiro atoms. The van der Waals surface area contributed by atoms with Crippen molar-refractivity contribution in [2.24, 2.45) is 5.73 Å². The second-order valence-corrected chi connectivity index (χ2v) is 4.57. The van der Waals surface area contributed by atoms with Crippen LogP contribution < -0.4 is 5.73 Å². The average Bonchev–Trinajstić information content (AvgIpc) is 2.34. The maximum atomic E-state index is 13.6. The third kappa shape index (κ3) is 3.69. The molecular formula is C13H16F4N2O. The molecule has 1 aromatic carbocycles. The number of benzene rings is 1. The fraction of sp³-hybridized carbons (Fsp3) is 0.462. The first-order valence-electron chi connectivity index (χ1n) is 6.06. The van der Waals surface area contributed by atoms with Gasteiger partial charge in [-0.25, -0.2) is 4.39 Å². The fourth-order valence-electron chi connectivity index (χ4n) is 1.75. The molecule has 1 rings (SSSR count). The monoisotopic (exact) mass is 292 g/mol. The molecule has 0 aliphatic heterocycles. The lowest BCUT2D eigenvalue weighted by atomic mass is 10.1. The SMILES string of the molecule is CC(C)N(CCN)C(=O)c1cc(C(F)(F)F)ccc1F. The van der Waals surface area contributed by atoms with E-state index in [4.69, 9.17) is 5.73 Å². The summed E-state index contributed by atoms with van der Waals surface area (Å²) >= 11 is 0. The lowest BCUT2D eigenvalue weighted by molar-refractivity contribution is -0.137. The second kappa shape index (κ2) is 6.21. The molecule has 0 unspecified atom stereocenters. The third-order valence-corrected chi connectivity index (χ3v) is 2.78. The van der Waals surface area contributed by atoms with E-state index < -0.39 is 29.0 Å². The number of halogens is 4. The summed E-state index contributed by atoms with van der Waals surface area (Å²) in [5.41, 5.74) is 3.70. The minimum absolute atomic E-state index is 0.143. The zero-order chi connectivity index (χ0) is 15.5. The van der Waals surface area contributed by atoms with Gasteiger partial charge in [0.05, 0.1) is 11.1 Å². The number of amides is 1. The number of carbonyl (C=O) groups excluding carboxylic acids is 1. The Bertz CT molecular complexity index is 486. The van der Waals surface area contributed by atoms with Crippen LogP contribution in [0, 0.1) is 5.82 Å². The van der Waals surface area contributed by atoms with Crippen LogP contribution in [0.5, 0.6) is 0 Å². The number of nitrogens with two attached hydrogens (primary N) is 1. The van der Waals surface area contributed by atoms with Gasteiger partial charge in [-0.15, -0.1) is 0 Å². The normalized spacial score (nSPS) is 11.8.